The first-order chi connectivity index (χ1) is 16.4. The van der Waals surface area contributed by atoms with E-state index in [1.54, 1.807) is 6.20 Å². The van der Waals surface area contributed by atoms with Crippen LogP contribution in [0, 0.1) is 5.82 Å². The monoisotopic (exact) mass is 481 g/mol. The first-order valence-electron chi connectivity index (χ1n) is 10.6. The summed E-state index contributed by atoms with van der Waals surface area (Å²) in [5, 5.41) is 16.8. The SMILES string of the molecule is CN=C(N)NN=Cc1cc(C(=O)Nc2ncc(-c3cccc(N4CCCC4)c3)s2)cc(F)c1O. The van der Waals surface area contributed by atoms with Gasteiger partial charge in [-0.25, -0.2) is 14.8 Å². The molecular weight excluding hydrogens is 457 g/mol. The number of hydrogen-bond donors (Lipinski definition) is 4. The summed E-state index contributed by atoms with van der Waals surface area (Å²) in [6, 6.07) is 10.5. The molecule has 1 amide bonds. The molecule has 0 saturated carbocycles. The standard InChI is InChI=1S/C23H24FN7O2S/c1-26-22(25)30-28-12-16-9-15(11-18(24)20(16)32)21(33)29-23-27-13-19(34-23)14-5-4-6-17(10-14)31-7-2-3-8-31/h4-6,9-13,32H,2-3,7-8H2,1H3,(H3,25,26,30)(H,27,29,33). The van der Waals surface area contributed by atoms with Crippen molar-refractivity contribution in [3.8, 4) is 16.2 Å². The Bertz CT molecular complexity index is 1250. The summed E-state index contributed by atoms with van der Waals surface area (Å²) >= 11 is 1.32. The van der Waals surface area contributed by atoms with E-state index >= 15 is 0 Å². The van der Waals surface area contributed by atoms with Gasteiger partial charge in [0, 0.05) is 43.1 Å². The Morgan fingerprint density at radius 1 is 1.29 bits per heavy atom. The molecule has 0 spiro atoms. The van der Waals surface area contributed by atoms with Crippen LogP contribution in [0.5, 0.6) is 5.75 Å². The maximum Gasteiger partial charge on any atom is 0.257 e. The average Bonchev–Trinajstić information content (AvgIpc) is 3.54. The molecule has 0 aliphatic carbocycles. The van der Waals surface area contributed by atoms with Gasteiger partial charge in [0.15, 0.2) is 16.7 Å². The van der Waals surface area contributed by atoms with Gasteiger partial charge in [0.2, 0.25) is 5.96 Å². The fourth-order valence-electron chi connectivity index (χ4n) is 3.53. The minimum absolute atomic E-state index is 0.000101. The number of benzene rings is 2. The number of aromatic nitrogens is 1. The van der Waals surface area contributed by atoms with E-state index in [9.17, 15) is 14.3 Å². The molecule has 3 aromatic rings. The molecule has 1 saturated heterocycles. The number of aliphatic imine (C=N–C) groups is 1. The third-order valence-corrected chi connectivity index (χ3v) is 6.27. The molecule has 11 heteroatoms. The van der Waals surface area contributed by atoms with Gasteiger partial charge >= 0.3 is 0 Å². The van der Waals surface area contributed by atoms with Crippen LogP contribution in [0.1, 0.15) is 28.8 Å². The third-order valence-electron chi connectivity index (χ3n) is 5.31. The number of phenols is 1. The number of aromatic hydroxyl groups is 1. The van der Waals surface area contributed by atoms with Gasteiger partial charge < -0.3 is 15.7 Å². The average molecular weight is 482 g/mol. The Hall–Kier alpha value is -3.99. The number of hydrazone groups is 1. The Labute approximate surface area is 199 Å². The molecule has 4 rings (SSSR count). The van der Waals surface area contributed by atoms with Crippen LogP contribution in [0.2, 0.25) is 0 Å². The summed E-state index contributed by atoms with van der Waals surface area (Å²) in [7, 11) is 1.47. The second-order valence-electron chi connectivity index (χ2n) is 7.60. The summed E-state index contributed by atoms with van der Waals surface area (Å²) in [6.07, 6.45) is 5.24. The number of amides is 1. The summed E-state index contributed by atoms with van der Waals surface area (Å²) in [5.74, 6) is -2.12. The number of hydrogen-bond acceptors (Lipinski definition) is 7. The molecule has 34 heavy (non-hydrogen) atoms. The molecule has 1 aliphatic rings. The van der Waals surface area contributed by atoms with Crippen molar-refractivity contribution >= 4 is 40.2 Å². The van der Waals surface area contributed by atoms with Gasteiger partial charge in [0.1, 0.15) is 0 Å². The van der Waals surface area contributed by atoms with Crippen molar-refractivity contribution < 1.29 is 14.3 Å². The molecule has 2 aromatic carbocycles. The van der Waals surface area contributed by atoms with Gasteiger partial charge in [-0.05, 0) is 42.7 Å². The zero-order valence-electron chi connectivity index (χ0n) is 18.5. The van der Waals surface area contributed by atoms with Crippen LogP contribution < -0.4 is 21.4 Å². The molecule has 0 atom stereocenters. The van der Waals surface area contributed by atoms with E-state index in [0.29, 0.717) is 5.13 Å². The van der Waals surface area contributed by atoms with Gasteiger partial charge in [-0.2, -0.15) is 5.10 Å². The van der Waals surface area contributed by atoms with Gasteiger partial charge in [-0.1, -0.05) is 23.5 Å². The summed E-state index contributed by atoms with van der Waals surface area (Å²) in [4.78, 5) is 23.9. The number of anilines is 2. The lowest BCUT2D eigenvalue weighted by Crippen LogP contribution is -2.26. The number of carbonyl (C=O) groups excluding carboxylic acids is 1. The predicted octanol–water partition coefficient (Wildman–Crippen LogP) is 3.38. The van der Waals surface area contributed by atoms with Crippen molar-refractivity contribution in [3.63, 3.8) is 0 Å². The lowest BCUT2D eigenvalue weighted by Gasteiger charge is -2.18. The van der Waals surface area contributed by atoms with Crippen molar-refractivity contribution in [1.29, 1.82) is 0 Å². The van der Waals surface area contributed by atoms with Crippen LogP contribution in [0.3, 0.4) is 0 Å². The predicted molar refractivity (Wildman–Crippen MR) is 133 cm³/mol. The number of nitrogens with one attached hydrogen (secondary N) is 2. The van der Waals surface area contributed by atoms with Crippen molar-refractivity contribution in [2.75, 3.05) is 30.4 Å². The fraction of sp³-hybridized carbons (Fsp3) is 0.217. The summed E-state index contributed by atoms with van der Waals surface area (Å²) in [6.45, 7) is 2.11. The number of nitrogens with two attached hydrogens (primary N) is 1. The van der Waals surface area contributed by atoms with Crippen molar-refractivity contribution in [1.82, 2.24) is 10.4 Å². The van der Waals surface area contributed by atoms with E-state index in [2.05, 4.69) is 42.9 Å². The highest BCUT2D eigenvalue weighted by molar-refractivity contribution is 7.19. The zero-order valence-corrected chi connectivity index (χ0v) is 19.3. The molecule has 1 fully saturated rings. The van der Waals surface area contributed by atoms with Crippen LogP contribution in [0.25, 0.3) is 10.4 Å². The van der Waals surface area contributed by atoms with Crippen molar-refractivity contribution in [3.05, 3.63) is 59.5 Å². The smallest absolute Gasteiger partial charge is 0.257 e. The molecule has 9 nitrogen and oxygen atoms in total. The minimum Gasteiger partial charge on any atom is -0.504 e. The van der Waals surface area contributed by atoms with Crippen molar-refractivity contribution in [2.24, 2.45) is 15.8 Å². The Morgan fingerprint density at radius 2 is 2.09 bits per heavy atom. The third kappa shape index (κ3) is 5.31. The number of halogens is 1. The van der Waals surface area contributed by atoms with Gasteiger partial charge in [0.25, 0.3) is 5.91 Å². The van der Waals surface area contributed by atoms with Gasteiger partial charge in [-0.15, -0.1) is 0 Å². The molecule has 1 aromatic heterocycles. The number of guanidine groups is 1. The van der Waals surface area contributed by atoms with Crippen LogP contribution in [-0.4, -0.2) is 48.3 Å². The summed E-state index contributed by atoms with van der Waals surface area (Å²) < 4.78 is 14.2. The number of carbonyl (C=O) groups is 1. The molecule has 0 radical (unpaired) electrons. The molecule has 0 unspecified atom stereocenters. The second kappa shape index (κ2) is 10.3. The largest absolute Gasteiger partial charge is 0.504 e. The first-order valence-corrected chi connectivity index (χ1v) is 11.4. The lowest BCUT2D eigenvalue weighted by molar-refractivity contribution is 0.102. The van der Waals surface area contributed by atoms with E-state index in [-0.39, 0.29) is 17.1 Å². The zero-order chi connectivity index (χ0) is 24.1. The molecule has 1 aliphatic heterocycles. The second-order valence-corrected chi connectivity index (χ2v) is 8.63. The number of phenolic OH excluding ortho intramolecular Hbond substituents is 1. The first kappa shape index (κ1) is 23.2. The molecule has 2 heterocycles. The van der Waals surface area contributed by atoms with E-state index in [4.69, 9.17) is 5.73 Å². The summed E-state index contributed by atoms with van der Waals surface area (Å²) in [5.41, 5.74) is 10.1. The van der Waals surface area contributed by atoms with Crippen LogP contribution >= 0.6 is 11.3 Å². The van der Waals surface area contributed by atoms with Crippen LogP contribution in [0.15, 0.2) is 52.7 Å². The topological polar surface area (TPSA) is 128 Å². The Morgan fingerprint density at radius 3 is 2.85 bits per heavy atom. The van der Waals surface area contributed by atoms with Gasteiger partial charge in [-0.3, -0.25) is 15.1 Å². The van der Waals surface area contributed by atoms with E-state index < -0.39 is 17.5 Å². The Balaban J connectivity index is 1.49. The maximum absolute atomic E-state index is 14.2. The van der Waals surface area contributed by atoms with E-state index in [1.807, 2.05) is 12.1 Å². The molecule has 5 N–H and O–H groups in total. The number of nitrogens with zero attached hydrogens (tertiary/aromatic N) is 4. The van der Waals surface area contributed by atoms with E-state index in [1.165, 1.54) is 43.0 Å². The minimum atomic E-state index is -0.954. The normalized spacial score (nSPS) is 14.1. The van der Waals surface area contributed by atoms with Gasteiger partial charge in [0.05, 0.1) is 11.1 Å². The van der Waals surface area contributed by atoms with E-state index in [0.717, 1.165) is 35.8 Å². The van der Waals surface area contributed by atoms with Crippen LogP contribution in [-0.2, 0) is 0 Å². The number of rotatable bonds is 6. The Kier molecular flexibility index (Phi) is 7.02. The maximum atomic E-state index is 14.2. The quantitative estimate of drug-likeness (QED) is 0.243. The fourth-order valence-corrected chi connectivity index (χ4v) is 4.34. The van der Waals surface area contributed by atoms with Crippen molar-refractivity contribution in [2.45, 2.75) is 12.8 Å². The molecule has 0 bridgehead atoms. The number of thiazole rings is 1. The highest BCUT2D eigenvalue weighted by Gasteiger charge is 2.17. The molecule has 176 valence electrons. The highest BCUT2D eigenvalue weighted by Crippen LogP contribution is 2.32. The molecular formula is C23H24FN7O2S. The van der Waals surface area contributed by atoms with Crippen LogP contribution in [0.4, 0.5) is 15.2 Å². The lowest BCUT2D eigenvalue weighted by atomic mass is 10.1. The highest BCUT2D eigenvalue weighted by atomic mass is 32.1.